The zero-order valence-corrected chi connectivity index (χ0v) is 7.42. The number of hydrogen-bond donors (Lipinski definition) is 2. The fourth-order valence-corrected chi connectivity index (χ4v) is 1.49. The molecule has 1 fully saturated rings. The lowest BCUT2D eigenvalue weighted by Crippen LogP contribution is -2.52. The second-order valence-corrected chi connectivity index (χ2v) is 3.28. The molecule has 1 rings (SSSR count). The van der Waals surface area contributed by atoms with Crippen LogP contribution >= 0.6 is 0 Å². The van der Waals surface area contributed by atoms with E-state index in [2.05, 4.69) is 10.2 Å². The number of hydrogen-bond acceptors (Lipinski definition) is 3. The number of carbonyl (C=O) groups is 1. The van der Waals surface area contributed by atoms with Gasteiger partial charge in [-0.3, -0.25) is 9.69 Å². The van der Waals surface area contributed by atoms with Gasteiger partial charge in [0.1, 0.15) is 0 Å². The molecule has 12 heavy (non-hydrogen) atoms. The topological polar surface area (TPSA) is 52.6 Å². The Labute approximate surface area is 72.6 Å². The summed E-state index contributed by atoms with van der Waals surface area (Å²) in [5.41, 5.74) is 0. The minimum Gasteiger partial charge on any atom is -0.396 e. The molecule has 0 bridgehead atoms. The van der Waals surface area contributed by atoms with Gasteiger partial charge in [-0.1, -0.05) is 0 Å². The number of amides is 1. The van der Waals surface area contributed by atoms with E-state index in [4.69, 9.17) is 5.11 Å². The van der Waals surface area contributed by atoms with Crippen molar-refractivity contribution < 1.29 is 9.90 Å². The maximum atomic E-state index is 11.0. The first-order chi connectivity index (χ1) is 5.72. The number of carbonyl (C=O) groups excluding carboxylic acids is 1. The third-order valence-electron chi connectivity index (χ3n) is 1.94. The van der Waals surface area contributed by atoms with E-state index in [1.165, 1.54) is 0 Å². The number of aliphatic hydroxyl groups is 1. The van der Waals surface area contributed by atoms with E-state index in [0.29, 0.717) is 6.54 Å². The number of nitrogens with zero attached hydrogens (tertiary/aromatic N) is 1. The molecule has 0 spiro atoms. The first kappa shape index (κ1) is 9.48. The van der Waals surface area contributed by atoms with Crippen molar-refractivity contribution in [3.63, 3.8) is 0 Å². The molecule has 0 radical (unpaired) electrons. The van der Waals surface area contributed by atoms with Crippen LogP contribution < -0.4 is 5.32 Å². The molecule has 0 aromatic rings. The van der Waals surface area contributed by atoms with Crippen LogP contribution in [0.15, 0.2) is 0 Å². The van der Waals surface area contributed by atoms with Crippen LogP contribution in [0, 0.1) is 0 Å². The monoisotopic (exact) mass is 172 g/mol. The fraction of sp³-hybridized carbons (Fsp3) is 0.875. The van der Waals surface area contributed by atoms with Crippen LogP contribution in [0.2, 0.25) is 0 Å². The molecule has 1 unspecified atom stereocenters. The maximum Gasteiger partial charge on any atom is 0.234 e. The molecule has 1 aliphatic rings. The van der Waals surface area contributed by atoms with Crippen LogP contribution in [0.5, 0.6) is 0 Å². The van der Waals surface area contributed by atoms with E-state index in [9.17, 15) is 4.79 Å². The molecule has 0 saturated carbocycles. The standard InChI is InChI=1S/C8H16N2O2/c1-7-5-10(3-2-4-11)6-8(12)9-7/h7,11H,2-6H2,1H3,(H,9,12). The fourth-order valence-electron chi connectivity index (χ4n) is 1.49. The summed E-state index contributed by atoms with van der Waals surface area (Å²) in [5, 5.41) is 11.4. The van der Waals surface area contributed by atoms with Gasteiger partial charge in [-0.05, 0) is 13.3 Å². The van der Waals surface area contributed by atoms with Crippen molar-refractivity contribution in [3.8, 4) is 0 Å². The van der Waals surface area contributed by atoms with Gasteiger partial charge in [-0.2, -0.15) is 0 Å². The Kier molecular flexibility index (Phi) is 3.49. The molecule has 4 nitrogen and oxygen atoms in total. The minimum atomic E-state index is 0.0895. The van der Waals surface area contributed by atoms with Crippen molar-refractivity contribution in [1.29, 1.82) is 0 Å². The van der Waals surface area contributed by atoms with E-state index in [1.807, 2.05) is 6.92 Å². The molecule has 70 valence electrons. The lowest BCUT2D eigenvalue weighted by atomic mass is 10.2. The molecule has 0 aliphatic carbocycles. The highest BCUT2D eigenvalue weighted by atomic mass is 16.3. The molecule has 1 atom stereocenters. The van der Waals surface area contributed by atoms with Crippen molar-refractivity contribution in [2.24, 2.45) is 0 Å². The van der Waals surface area contributed by atoms with Gasteiger partial charge in [0.25, 0.3) is 0 Å². The largest absolute Gasteiger partial charge is 0.396 e. The van der Waals surface area contributed by atoms with Crippen molar-refractivity contribution in [3.05, 3.63) is 0 Å². The van der Waals surface area contributed by atoms with E-state index >= 15 is 0 Å². The van der Waals surface area contributed by atoms with Crippen molar-refractivity contribution >= 4 is 5.91 Å². The Morgan fingerprint density at radius 3 is 3.08 bits per heavy atom. The summed E-state index contributed by atoms with van der Waals surface area (Å²) in [7, 11) is 0. The lowest BCUT2D eigenvalue weighted by molar-refractivity contribution is -0.125. The molecule has 1 aliphatic heterocycles. The molecule has 1 amide bonds. The highest BCUT2D eigenvalue weighted by Gasteiger charge is 2.20. The highest BCUT2D eigenvalue weighted by molar-refractivity contribution is 5.79. The van der Waals surface area contributed by atoms with Crippen LogP contribution in [0.3, 0.4) is 0 Å². The first-order valence-electron chi connectivity index (χ1n) is 4.35. The minimum absolute atomic E-state index is 0.0895. The van der Waals surface area contributed by atoms with Gasteiger partial charge in [0.2, 0.25) is 5.91 Å². The van der Waals surface area contributed by atoms with Crippen LogP contribution in [0.25, 0.3) is 0 Å². The molecular weight excluding hydrogens is 156 g/mol. The maximum absolute atomic E-state index is 11.0. The molecule has 1 saturated heterocycles. The first-order valence-corrected chi connectivity index (χ1v) is 4.35. The SMILES string of the molecule is CC1CN(CCCO)CC(=O)N1. The van der Waals surface area contributed by atoms with Crippen molar-refractivity contribution in [2.45, 2.75) is 19.4 Å². The van der Waals surface area contributed by atoms with Crippen molar-refractivity contribution in [2.75, 3.05) is 26.2 Å². The summed E-state index contributed by atoms with van der Waals surface area (Å²) >= 11 is 0. The normalized spacial score (nSPS) is 25.5. The second kappa shape index (κ2) is 4.42. The van der Waals surface area contributed by atoms with E-state index in [1.54, 1.807) is 0 Å². The lowest BCUT2D eigenvalue weighted by Gasteiger charge is -2.30. The second-order valence-electron chi connectivity index (χ2n) is 3.28. The third-order valence-corrected chi connectivity index (χ3v) is 1.94. The molecule has 0 aromatic heterocycles. The zero-order valence-electron chi connectivity index (χ0n) is 7.42. The van der Waals surface area contributed by atoms with E-state index in [-0.39, 0.29) is 18.6 Å². The summed E-state index contributed by atoms with van der Waals surface area (Å²) in [4.78, 5) is 13.1. The highest BCUT2D eigenvalue weighted by Crippen LogP contribution is 1.99. The summed E-state index contributed by atoms with van der Waals surface area (Å²) in [5.74, 6) is 0.0895. The summed E-state index contributed by atoms with van der Waals surface area (Å²) < 4.78 is 0. The Balaban J connectivity index is 2.29. The molecule has 1 heterocycles. The van der Waals surface area contributed by atoms with Crippen LogP contribution in [0.4, 0.5) is 0 Å². The third kappa shape index (κ3) is 2.79. The molecule has 4 heteroatoms. The number of aliphatic hydroxyl groups excluding tert-OH is 1. The van der Waals surface area contributed by atoms with Gasteiger partial charge < -0.3 is 10.4 Å². The van der Waals surface area contributed by atoms with Crippen molar-refractivity contribution in [1.82, 2.24) is 10.2 Å². The molecule has 0 aromatic carbocycles. The average Bonchev–Trinajstić information content (AvgIpc) is 1.99. The number of piperazine rings is 1. The number of nitrogens with one attached hydrogen (secondary N) is 1. The van der Waals surface area contributed by atoms with E-state index < -0.39 is 0 Å². The van der Waals surface area contributed by atoms with Gasteiger partial charge in [-0.15, -0.1) is 0 Å². The Bertz CT molecular complexity index is 161. The summed E-state index contributed by atoms with van der Waals surface area (Å²) in [6.07, 6.45) is 0.750. The molecule has 2 N–H and O–H groups in total. The average molecular weight is 172 g/mol. The van der Waals surface area contributed by atoms with Gasteiger partial charge in [0.05, 0.1) is 6.54 Å². The van der Waals surface area contributed by atoms with Gasteiger partial charge in [0.15, 0.2) is 0 Å². The van der Waals surface area contributed by atoms with Gasteiger partial charge in [0, 0.05) is 25.7 Å². The predicted octanol–water partition coefficient (Wildman–Crippen LogP) is -0.811. The Morgan fingerprint density at radius 1 is 1.75 bits per heavy atom. The zero-order chi connectivity index (χ0) is 8.97. The summed E-state index contributed by atoms with van der Waals surface area (Å²) in [6, 6.07) is 0.241. The van der Waals surface area contributed by atoms with Crippen LogP contribution in [-0.2, 0) is 4.79 Å². The molecular formula is C8H16N2O2. The van der Waals surface area contributed by atoms with Crippen LogP contribution in [0.1, 0.15) is 13.3 Å². The smallest absolute Gasteiger partial charge is 0.234 e. The number of rotatable bonds is 3. The van der Waals surface area contributed by atoms with Gasteiger partial charge >= 0.3 is 0 Å². The van der Waals surface area contributed by atoms with Gasteiger partial charge in [-0.25, -0.2) is 0 Å². The quantitative estimate of drug-likeness (QED) is 0.585. The van der Waals surface area contributed by atoms with Crippen LogP contribution in [-0.4, -0.2) is 48.2 Å². The Morgan fingerprint density at radius 2 is 2.50 bits per heavy atom. The summed E-state index contributed by atoms with van der Waals surface area (Å²) in [6.45, 7) is 4.37. The Hall–Kier alpha value is -0.610. The van der Waals surface area contributed by atoms with E-state index in [0.717, 1.165) is 19.5 Å². The predicted molar refractivity (Wildman–Crippen MR) is 45.7 cm³/mol.